The molecule has 0 bridgehead atoms. The molecule has 2 N–H and O–H groups in total. The Morgan fingerprint density at radius 1 is 1.33 bits per heavy atom. The second-order valence-electron chi connectivity index (χ2n) is 6.01. The molecular formula is C16H22N2O5S. The van der Waals surface area contributed by atoms with Gasteiger partial charge in [-0.2, -0.15) is 0 Å². The summed E-state index contributed by atoms with van der Waals surface area (Å²) >= 11 is 0. The highest BCUT2D eigenvalue weighted by molar-refractivity contribution is 7.88. The molecule has 1 heterocycles. The Morgan fingerprint density at radius 2 is 2.00 bits per heavy atom. The van der Waals surface area contributed by atoms with E-state index in [-0.39, 0.29) is 12.3 Å². The summed E-state index contributed by atoms with van der Waals surface area (Å²) in [5.41, 5.74) is 0.698. The van der Waals surface area contributed by atoms with Gasteiger partial charge in [0.05, 0.1) is 11.7 Å². The number of hydrogen-bond acceptors (Lipinski definition) is 4. The van der Waals surface area contributed by atoms with Crippen molar-refractivity contribution in [2.24, 2.45) is 5.92 Å². The Kier molecular flexibility index (Phi) is 5.95. The van der Waals surface area contributed by atoms with E-state index in [1.165, 1.54) is 11.2 Å². The smallest absolute Gasteiger partial charge is 0.325 e. The summed E-state index contributed by atoms with van der Waals surface area (Å²) in [6.07, 6.45) is 1.13. The van der Waals surface area contributed by atoms with E-state index in [0.29, 0.717) is 24.9 Å². The predicted octanol–water partition coefficient (Wildman–Crippen LogP) is 0.818. The lowest BCUT2D eigenvalue weighted by atomic mass is 9.98. The lowest BCUT2D eigenvalue weighted by Gasteiger charge is -2.31. The number of benzene rings is 1. The van der Waals surface area contributed by atoms with Crippen LogP contribution in [-0.2, 0) is 25.4 Å². The van der Waals surface area contributed by atoms with Gasteiger partial charge in [0.15, 0.2) is 0 Å². The monoisotopic (exact) mass is 354 g/mol. The number of carboxylic acids is 1. The first-order valence-corrected chi connectivity index (χ1v) is 9.45. The molecule has 2 atom stereocenters. The predicted molar refractivity (Wildman–Crippen MR) is 88.6 cm³/mol. The van der Waals surface area contributed by atoms with Gasteiger partial charge in [-0.3, -0.25) is 9.59 Å². The molecule has 0 aromatic heterocycles. The van der Waals surface area contributed by atoms with Gasteiger partial charge in [-0.15, -0.1) is 0 Å². The largest absolute Gasteiger partial charge is 0.480 e. The maximum atomic E-state index is 12.6. The molecule has 132 valence electrons. The third-order valence-electron chi connectivity index (χ3n) is 4.07. The summed E-state index contributed by atoms with van der Waals surface area (Å²) in [6, 6.07) is 7.89. The quantitative estimate of drug-likeness (QED) is 0.787. The van der Waals surface area contributed by atoms with Crippen LogP contribution < -0.4 is 5.32 Å². The Hall–Kier alpha value is -1.93. The van der Waals surface area contributed by atoms with Gasteiger partial charge in [0, 0.05) is 13.1 Å². The second-order valence-corrected chi connectivity index (χ2v) is 7.98. The number of amides is 1. The molecule has 1 saturated heterocycles. The molecule has 2 rings (SSSR count). The van der Waals surface area contributed by atoms with E-state index in [1.807, 2.05) is 6.07 Å². The first-order valence-electron chi connectivity index (χ1n) is 7.84. The lowest BCUT2D eigenvalue weighted by molar-refractivity contribution is -0.142. The average Bonchev–Trinajstić information content (AvgIpc) is 2.55. The summed E-state index contributed by atoms with van der Waals surface area (Å²) in [4.78, 5) is 23.0. The highest BCUT2D eigenvalue weighted by Crippen LogP contribution is 2.21. The van der Waals surface area contributed by atoms with Gasteiger partial charge in [0.1, 0.15) is 6.04 Å². The Labute approximate surface area is 141 Å². The highest BCUT2D eigenvalue weighted by Gasteiger charge is 2.33. The third-order valence-corrected chi connectivity index (χ3v) is 5.89. The molecule has 1 unspecified atom stereocenters. The van der Waals surface area contributed by atoms with Crippen LogP contribution in [0.5, 0.6) is 0 Å². The number of sulfonamides is 1. The second kappa shape index (κ2) is 7.76. The number of nitrogens with zero attached hydrogens (tertiary/aromatic N) is 1. The van der Waals surface area contributed by atoms with Gasteiger partial charge in [-0.05, 0) is 25.3 Å². The van der Waals surface area contributed by atoms with Crippen LogP contribution in [0.25, 0.3) is 0 Å². The van der Waals surface area contributed by atoms with Crippen LogP contribution in [0.15, 0.2) is 30.3 Å². The summed E-state index contributed by atoms with van der Waals surface area (Å²) in [6.45, 7) is 1.85. The molecule has 0 radical (unpaired) electrons. The summed E-state index contributed by atoms with van der Waals surface area (Å²) < 4.78 is 26.4. The topological polar surface area (TPSA) is 104 Å². The number of nitrogens with one attached hydrogen (secondary N) is 1. The fourth-order valence-electron chi connectivity index (χ4n) is 2.68. The SMILES string of the molecule is C[C@@H](NC(=O)C1CCCN(S(=O)(=O)Cc2ccccc2)C1)C(=O)O. The van der Waals surface area contributed by atoms with Gasteiger partial charge in [0.25, 0.3) is 0 Å². The number of piperidine rings is 1. The lowest BCUT2D eigenvalue weighted by Crippen LogP contribution is -2.48. The zero-order valence-electron chi connectivity index (χ0n) is 13.5. The molecule has 0 aliphatic carbocycles. The van der Waals surface area contributed by atoms with Gasteiger partial charge in [-0.1, -0.05) is 30.3 Å². The minimum Gasteiger partial charge on any atom is -0.480 e. The average molecular weight is 354 g/mol. The van der Waals surface area contributed by atoms with Crippen molar-refractivity contribution in [1.29, 1.82) is 0 Å². The number of carboxylic acid groups (broad SMARTS) is 1. The van der Waals surface area contributed by atoms with Crippen molar-refractivity contribution in [3.8, 4) is 0 Å². The molecule has 0 spiro atoms. The molecule has 1 aliphatic rings. The van der Waals surface area contributed by atoms with E-state index in [1.54, 1.807) is 24.3 Å². The number of carbonyl (C=O) groups excluding carboxylic acids is 1. The van der Waals surface area contributed by atoms with Crippen LogP contribution in [-0.4, -0.2) is 48.8 Å². The molecule has 7 nitrogen and oxygen atoms in total. The van der Waals surface area contributed by atoms with Crippen molar-refractivity contribution >= 4 is 21.9 Å². The van der Waals surface area contributed by atoms with E-state index < -0.39 is 33.9 Å². The van der Waals surface area contributed by atoms with Gasteiger partial charge in [0.2, 0.25) is 15.9 Å². The van der Waals surface area contributed by atoms with Gasteiger partial charge in [-0.25, -0.2) is 12.7 Å². The number of hydrogen-bond donors (Lipinski definition) is 2. The molecular weight excluding hydrogens is 332 g/mol. The maximum Gasteiger partial charge on any atom is 0.325 e. The molecule has 1 amide bonds. The molecule has 1 aromatic rings. The number of rotatable bonds is 6. The molecule has 0 saturated carbocycles. The first-order chi connectivity index (χ1) is 11.3. The summed E-state index contributed by atoms with van der Waals surface area (Å²) in [5.74, 6) is -2.16. The van der Waals surface area contributed by atoms with Crippen LogP contribution in [0.3, 0.4) is 0 Å². The maximum absolute atomic E-state index is 12.6. The van der Waals surface area contributed by atoms with E-state index in [0.717, 1.165) is 0 Å². The fourth-order valence-corrected chi connectivity index (χ4v) is 4.29. The van der Waals surface area contributed by atoms with Crippen molar-refractivity contribution in [3.63, 3.8) is 0 Å². The Balaban J connectivity index is 2.01. The van der Waals surface area contributed by atoms with Gasteiger partial charge < -0.3 is 10.4 Å². The van der Waals surface area contributed by atoms with Crippen LogP contribution >= 0.6 is 0 Å². The number of carbonyl (C=O) groups is 2. The molecule has 1 aliphatic heterocycles. The minimum atomic E-state index is -3.51. The van der Waals surface area contributed by atoms with E-state index >= 15 is 0 Å². The van der Waals surface area contributed by atoms with Crippen LogP contribution in [0, 0.1) is 5.92 Å². The normalized spacial score (nSPS) is 20.3. The van der Waals surface area contributed by atoms with Crippen molar-refractivity contribution in [1.82, 2.24) is 9.62 Å². The Morgan fingerprint density at radius 3 is 2.62 bits per heavy atom. The van der Waals surface area contributed by atoms with Crippen molar-refractivity contribution in [2.45, 2.75) is 31.6 Å². The number of aliphatic carboxylic acids is 1. The minimum absolute atomic E-state index is 0.0906. The van der Waals surface area contributed by atoms with E-state index in [4.69, 9.17) is 5.11 Å². The zero-order valence-corrected chi connectivity index (χ0v) is 14.3. The Bertz CT molecular complexity index is 690. The van der Waals surface area contributed by atoms with Gasteiger partial charge >= 0.3 is 5.97 Å². The van der Waals surface area contributed by atoms with Crippen LogP contribution in [0.2, 0.25) is 0 Å². The summed E-state index contributed by atoms with van der Waals surface area (Å²) in [7, 11) is -3.51. The third kappa shape index (κ3) is 4.78. The van der Waals surface area contributed by atoms with Crippen molar-refractivity contribution < 1.29 is 23.1 Å². The fraction of sp³-hybridized carbons (Fsp3) is 0.500. The molecule has 8 heteroatoms. The standard InChI is InChI=1S/C16H22N2O5S/c1-12(16(20)21)17-15(19)14-8-5-9-18(10-14)24(22,23)11-13-6-3-2-4-7-13/h2-4,6-7,12,14H,5,8-11H2,1H3,(H,17,19)(H,20,21)/t12-,14?/m1/s1. The van der Waals surface area contributed by atoms with Crippen LogP contribution in [0.1, 0.15) is 25.3 Å². The molecule has 1 aromatic carbocycles. The summed E-state index contributed by atoms with van der Waals surface area (Å²) in [5, 5.41) is 11.3. The van der Waals surface area contributed by atoms with Crippen molar-refractivity contribution in [3.05, 3.63) is 35.9 Å². The molecule has 24 heavy (non-hydrogen) atoms. The highest BCUT2D eigenvalue weighted by atomic mass is 32.2. The van der Waals surface area contributed by atoms with E-state index in [9.17, 15) is 18.0 Å². The molecule has 1 fully saturated rings. The first kappa shape index (κ1) is 18.4. The zero-order chi connectivity index (χ0) is 17.7. The van der Waals surface area contributed by atoms with E-state index in [2.05, 4.69) is 5.32 Å². The van der Waals surface area contributed by atoms with Crippen molar-refractivity contribution in [2.75, 3.05) is 13.1 Å². The van der Waals surface area contributed by atoms with Crippen LogP contribution in [0.4, 0.5) is 0 Å².